The third kappa shape index (κ3) is 3.19. The first-order valence-corrected chi connectivity index (χ1v) is 13.9. The molecule has 5 fully saturated rings. The fourth-order valence-electron chi connectivity index (χ4n) is 10.7. The molecule has 0 amide bonds. The lowest BCUT2D eigenvalue weighted by molar-refractivity contribution is -0.222. The summed E-state index contributed by atoms with van der Waals surface area (Å²) in [5.41, 5.74) is 2.21. The van der Waals surface area contributed by atoms with E-state index in [1.54, 1.807) is 0 Å². The summed E-state index contributed by atoms with van der Waals surface area (Å²) in [5.74, 6) is 2.63. The minimum absolute atomic E-state index is 0.0117. The fraction of sp³-hybridized carbons (Fsp3) is 0.900. The van der Waals surface area contributed by atoms with Gasteiger partial charge in [-0.25, -0.2) is 0 Å². The van der Waals surface area contributed by atoms with Crippen molar-refractivity contribution in [1.82, 2.24) is 0 Å². The quantitative estimate of drug-likeness (QED) is 0.362. The molecule has 33 heavy (non-hydrogen) atoms. The summed E-state index contributed by atoms with van der Waals surface area (Å²) in [6, 6.07) is 0. The van der Waals surface area contributed by atoms with Crippen LogP contribution in [0.15, 0.2) is 11.6 Å². The molecule has 3 heteroatoms. The number of allylic oxidation sites excluding steroid dienone is 1. The zero-order valence-electron chi connectivity index (χ0n) is 22.2. The monoisotopic (exact) mass is 456 g/mol. The molecule has 0 unspecified atom stereocenters. The minimum atomic E-state index is -0.162. The summed E-state index contributed by atoms with van der Waals surface area (Å²) in [5, 5.41) is 10.9. The van der Waals surface area contributed by atoms with Crippen molar-refractivity contribution in [2.24, 2.45) is 51.2 Å². The average molecular weight is 457 g/mol. The predicted octanol–water partition coefficient (Wildman–Crippen LogP) is 6.93. The zero-order chi connectivity index (χ0) is 24.0. The number of aliphatic hydroxyl groups is 1. The van der Waals surface area contributed by atoms with Gasteiger partial charge in [0.25, 0.3) is 0 Å². The van der Waals surface area contributed by atoms with Gasteiger partial charge in [-0.05, 0) is 117 Å². The van der Waals surface area contributed by atoms with Crippen LogP contribution in [0.5, 0.6) is 0 Å². The first-order chi connectivity index (χ1) is 15.3. The summed E-state index contributed by atoms with van der Waals surface area (Å²) < 4.78 is 5.82. The molecule has 0 bridgehead atoms. The Morgan fingerprint density at radius 1 is 0.909 bits per heavy atom. The number of carbonyl (C=O) groups excluding carboxylic acids is 1. The maximum absolute atomic E-state index is 13.0. The molecule has 0 aromatic heterocycles. The number of rotatable bonds is 2. The van der Waals surface area contributed by atoms with Crippen LogP contribution in [-0.2, 0) is 9.53 Å². The summed E-state index contributed by atoms with van der Waals surface area (Å²) in [7, 11) is 0. The molecule has 186 valence electrons. The average Bonchev–Trinajstić information content (AvgIpc) is 3.24. The van der Waals surface area contributed by atoms with Crippen molar-refractivity contribution in [2.45, 2.75) is 118 Å². The van der Waals surface area contributed by atoms with Gasteiger partial charge in [-0.1, -0.05) is 40.2 Å². The second-order valence-electron chi connectivity index (χ2n) is 14.3. The van der Waals surface area contributed by atoms with E-state index in [2.05, 4.69) is 54.5 Å². The van der Waals surface area contributed by atoms with Crippen LogP contribution < -0.4 is 0 Å². The Morgan fingerprint density at radius 3 is 2.30 bits per heavy atom. The number of hydrogen-bond donors (Lipinski definition) is 1. The van der Waals surface area contributed by atoms with Gasteiger partial charge < -0.3 is 9.84 Å². The van der Waals surface area contributed by atoms with Gasteiger partial charge >= 0.3 is 5.97 Å². The summed E-state index contributed by atoms with van der Waals surface area (Å²) >= 11 is 0. The smallest absolute Gasteiger partial charge is 0.309 e. The van der Waals surface area contributed by atoms with Crippen LogP contribution in [0.25, 0.3) is 0 Å². The number of esters is 1. The molecule has 0 aromatic rings. The Labute approximate surface area is 202 Å². The molecular formula is C30H48O3. The largest absolute Gasteiger partial charge is 0.458 e. The van der Waals surface area contributed by atoms with Crippen LogP contribution in [0.2, 0.25) is 0 Å². The lowest BCUT2D eigenvalue weighted by Gasteiger charge is -2.69. The van der Waals surface area contributed by atoms with Gasteiger partial charge in [0, 0.05) is 6.42 Å². The van der Waals surface area contributed by atoms with Gasteiger partial charge in [0.1, 0.15) is 6.10 Å². The molecule has 4 saturated carbocycles. The van der Waals surface area contributed by atoms with Crippen LogP contribution in [0.3, 0.4) is 0 Å². The molecule has 0 spiro atoms. The van der Waals surface area contributed by atoms with Gasteiger partial charge in [0.15, 0.2) is 0 Å². The lowest BCUT2D eigenvalue weighted by Crippen LogP contribution is -2.63. The van der Waals surface area contributed by atoms with Crippen LogP contribution in [0, 0.1) is 51.2 Å². The van der Waals surface area contributed by atoms with Crippen molar-refractivity contribution in [3.8, 4) is 0 Å². The summed E-state index contributed by atoms with van der Waals surface area (Å²) in [6.45, 7) is 16.7. The van der Waals surface area contributed by atoms with E-state index in [4.69, 9.17) is 4.74 Å². The van der Waals surface area contributed by atoms with E-state index in [0.717, 1.165) is 18.8 Å². The van der Waals surface area contributed by atoms with Crippen LogP contribution >= 0.6 is 0 Å². The van der Waals surface area contributed by atoms with Crippen molar-refractivity contribution in [3.63, 3.8) is 0 Å². The number of carbonyl (C=O) groups is 1. The molecule has 1 aliphatic heterocycles. The van der Waals surface area contributed by atoms with E-state index >= 15 is 0 Å². The highest BCUT2D eigenvalue weighted by atomic mass is 16.5. The van der Waals surface area contributed by atoms with Crippen LogP contribution in [-0.4, -0.2) is 23.3 Å². The van der Waals surface area contributed by atoms with Crippen molar-refractivity contribution in [3.05, 3.63) is 11.6 Å². The number of ether oxygens (including phenoxy) is 1. The highest BCUT2D eigenvalue weighted by molar-refractivity contribution is 5.75. The molecule has 0 aromatic carbocycles. The molecule has 3 nitrogen and oxygen atoms in total. The Morgan fingerprint density at radius 2 is 1.61 bits per heavy atom. The molecule has 0 radical (unpaired) electrons. The van der Waals surface area contributed by atoms with E-state index < -0.39 is 0 Å². The molecule has 10 atom stereocenters. The maximum atomic E-state index is 13.0. The number of aliphatic hydroxyl groups excluding tert-OH is 1. The highest BCUT2D eigenvalue weighted by Crippen LogP contribution is 2.75. The number of hydrogen-bond acceptors (Lipinski definition) is 3. The van der Waals surface area contributed by atoms with Crippen molar-refractivity contribution in [2.75, 3.05) is 0 Å². The van der Waals surface area contributed by atoms with Gasteiger partial charge in [-0.15, -0.1) is 0 Å². The van der Waals surface area contributed by atoms with Gasteiger partial charge in [-0.2, -0.15) is 0 Å². The van der Waals surface area contributed by atoms with Crippen LogP contribution in [0.4, 0.5) is 0 Å². The topological polar surface area (TPSA) is 46.5 Å². The first-order valence-electron chi connectivity index (χ1n) is 13.9. The van der Waals surface area contributed by atoms with Crippen molar-refractivity contribution in [1.29, 1.82) is 0 Å². The van der Waals surface area contributed by atoms with Crippen LogP contribution in [0.1, 0.15) is 106 Å². The number of cyclic esters (lactones) is 1. The zero-order valence-corrected chi connectivity index (χ0v) is 22.2. The van der Waals surface area contributed by atoms with E-state index in [-0.39, 0.29) is 29.5 Å². The summed E-state index contributed by atoms with van der Waals surface area (Å²) in [6.07, 6.45) is 12.5. The molecule has 4 aliphatic carbocycles. The normalized spacial score (nSPS) is 53.0. The second-order valence-corrected chi connectivity index (χ2v) is 14.3. The maximum Gasteiger partial charge on any atom is 0.309 e. The molecule has 1 saturated heterocycles. The SMILES string of the molecule is CC(C)=C[C@@H]1C[C@H]([C@H]2CC[C@]3(C)[C@@H]2CC[C@@H]2[C@@]4(C)CC[C@H](O)C(C)(C)[C@@H]4CC[C@]23C)C(=O)O1. The second kappa shape index (κ2) is 7.58. The van der Waals surface area contributed by atoms with Gasteiger partial charge in [-0.3, -0.25) is 4.79 Å². The summed E-state index contributed by atoms with van der Waals surface area (Å²) in [4.78, 5) is 13.0. The molecule has 1 N–H and O–H groups in total. The molecular weight excluding hydrogens is 408 g/mol. The van der Waals surface area contributed by atoms with E-state index in [9.17, 15) is 9.90 Å². The Balaban J connectivity index is 1.43. The Kier molecular flexibility index (Phi) is 5.49. The van der Waals surface area contributed by atoms with Gasteiger partial charge in [0.2, 0.25) is 0 Å². The van der Waals surface area contributed by atoms with Crippen molar-refractivity contribution < 1.29 is 14.6 Å². The molecule has 5 aliphatic rings. The fourth-order valence-corrected chi connectivity index (χ4v) is 10.7. The Hall–Kier alpha value is -0.830. The minimum Gasteiger partial charge on any atom is -0.458 e. The number of fused-ring (bicyclic) bond motifs is 5. The van der Waals surface area contributed by atoms with E-state index in [1.807, 2.05) is 0 Å². The highest BCUT2D eigenvalue weighted by Gasteiger charge is 2.69. The molecule has 5 rings (SSSR count). The lowest BCUT2D eigenvalue weighted by atomic mass is 9.35. The van der Waals surface area contributed by atoms with E-state index in [0.29, 0.717) is 34.0 Å². The first kappa shape index (κ1) is 23.9. The van der Waals surface area contributed by atoms with E-state index in [1.165, 1.54) is 50.5 Å². The Bertz CT molecular complexity index is 839. The predicted molar refractivity (Wildman–Crippen MR) is 132 cm³/mol. The van der Waals surface area contributed by atoms with Crippen molar-refractivity contribution >= 4 is 5.97 Å². The third-order valence-electron chi connectivity index (χ3n) is 12.5. The standard InChI is InChI=1S/C30H48O3/c1-18(2)16-19-17-21(26(32)33-19)20-10-14-29(6)22(20)8-9-24-28(5)13-12-25(31)27(3,4)23(28)11-15-30(24,29)7/h16,19-25,31H,8-15,17H2,1-7H3/t19-,20-,21-,22-,23+,24-,25+,28+,29-,30-/m1/s1. The molecule has 1 heterocycles. The van der Waals surface area contributed by atoms with Gasteiger partial charge in [0.05, 0.1) is 12.0 Å². The third-order valence-corrected chi connectivity index (χ3v) is 12.5.